The largest absolute Gasteiger partial charge is 0.465 e. The number of amides is 1. The van der Waals surface area contributed by atoms with Gasteiger partial charge in [-0.3, -0.25) is 4.90 Å². The zero-order chi connectivity index (χ0) is 17.6. The Morgan fingerprint density at radius 3 is 2.92 bits per heavy atom. The lowest BCUT2D eigenvalue weighted by Crippen LogP contribution is -2.59. The minimum atomic E-state index is -0.922. The van der Waals surface area contributed by atoms with E-state index in [1.807, 2.05) is 0 Å². The number of cyclic esters (lactones) is 1. The molecular formula is C17H19FN2O5. The van der Waals surface area contributed by atoms with Crippen molar-refractivity contribution in [3.63, 3.8) is 0 Å². The van der Waals surface area contributed by atoms with E-state index in [-0.39, 0.29) is 24.0 Å². The third-order valence-corrected chi connectivity index (χ3v) is 5.19. The summed E-state index contributed by atoms with van der Waals surface area (Å²) in [5.74, 6) is -0.872. The van der Waals surface area contributed by atoms with E-state index in [4.69, 9.17) is 14.6 Å². The molecule has 2 saturated heterocycles. The van der Waals surface area contributed by atoms with E-state index >= 15 is 0 Å². The van der Waals surface area contributed by atoms with E-state index in [0.29, 0.717) is 50.3 Å². The number of fused-ring (bicyclic) bond motifs is 2. The summed E-state index contributed by atoms with van der Waals surface area (Å²) in [6.45, 7) is 2.51. The molecule has 3 aliphatic rings. The number of nitrogens with zero attached hydrogens (tertiary/aromatic N) is 2. The lowest BCUT2D eigenvalue weighted by atomic mass is 9.95. The van der Waals surface area contributed by atoms with Crippen molar-refractivity contribution in [1.82, 2.24) is 9.80 Å². The van der Waals surface area contributed by atoms with Crippen molar-refractivity contribution in [3.8, 4) is 0 Å². The summed E-state index contributed by atoms with van der Waals surface area (Å²) in [6, 6.07) is 3.20. The van der Waals surface area contributed by atoms with Gasteiger partial charge in [-0.25, -0.2) is 14.0 Å². The molecule has 134 valence electrons. The van der Waals surface area contributed by atoms with Crippen LogP contribution in [0.3, 0.4) is 0 Å². The number of esters is 1. The molecule has 1 N–H and O–H groups in total. The van der Waals surface area contributed by atoms with Crippen LogP contribution in [-0.4, -0.2) is 72.4 Å². The molecule has 1 amide bonds. The minimum Gasteiger partial charge on any atom is -0.465 e. The number of carbonyl (C=O) groups is 2. The monoisotopic (exact) mass is 350 g/mol. The molecule has 0 radical (unpaired) electrons. The predicted molar refractivity (Wildman–Crippen MR) is 84.0 cm³/mol. The quantitative estimate of drug-likeness (QED) is 0.769. The number of piperazine rings is 1. The zero-order valence-electron chi connectivity index (χ0n) is 13.6. The fourth-order valence-corrected chi connectivity index (χ4v) is 3.79. The van der Waals surface area contributed by atoms with Gasteiger partial charge in [-0.2, -0.15) is 0 Å². The lowest BCUT2D eigenvalue weighted by molar-refractivity contribution is -0.0877. The van der Waals surface area contributed by atoms with Gasteiger partial charge in [-0.05, 0) is 6.07 Å². The van der Waals surface area contributed by atoms with Crippen LogP contribution in [0.15, 0.2) is 12.1 Å². The molecule has 4 rings (SSSR count). The minimum absolute atomic E-state index is 0.00299. The highest BCUT2D eigenvalue weighted by atomic mass is 19.1. The molecule has 8 heteroatoms. The second-order valence-corrected chi connectivity index (χ2v) is 6.58. The third-order valence-electron chi connectivity index (χ3n) is 5.19. The molecule has 3 aliphatic heterocycles. The number of rotatable bonds is 1. The molecule has 0 aromatic heterocycles. The van der Waals surface area contributed by atoms with Gasteiger partial charge in [0.1, 0.15) is 5.82 Å². The van der Waals surface area contributed by atoms with E-state index in [9.17, 15) is 14.0 Å². The van der Waals surface area contributed by atoms with Gasteiger partial charge in [0.15, 0.2) is 0 Å². The number of carbonyl (C=O) groups excluding carboxylic acids is 1. The van der Waals surface area contributed by atoms with Gasteiger partial charge >= 0.3 is 12.1 Å². The van der Waals surface area contributed by atoms with Crippen molar-refractivity contribution in [1.29, 1.82) is 0 Å². The first-order chi connectivity index (χ1) is 12.0. The summed E-state index contributed by atoms with van der Waals surface area (Å²) in [6.07, 6.45) is -0.974. The standard InChI is InChI=1S/C17H19FN2O5/c18-15-11-3-6-24-16(21)12(11)1-2-13(15)14-8-19-4-5-20(17(22)23)7-10(19)9-25-14/h1-2,10,14H,3-9H2,(H,22,23). The first kappa shape index (κ1) is 16.3. The highest BCUT2D eigenvalue weighted by molar-refractivity contribution is 5.92. The number of ether oxygens (including phenoxy) is 2. The van der Waals surface area contributed by atoms with Crippen LogP contribution in [0, 0.1) is 5.82 Å². The third kappa shape index (κ3) is 2.85. The molecule has 25 heavy (non-hydrogen) atoms. The Hall–Kier alpha value is -2.19. The Kier molecular flexibility index (Phi) is 4.09. The van der Waals surface area contributed by atoms with Crippen LogP contribution in [0.25, 0.3) is 0 Å². The molecule has 2 unspecified atom stereocenters. The summed E-state index contributed by atoms with van der Waals surface area (Å²) in [7, 11) is 0. The average Bonchev–Trinajstić information content (AvgIpc) is 2.62. The summed E-state index contributed by atoms with van der Waals surface area (Å²) in [4.78, 5) is 26.4. The maximum Gasteiger partial charge on any atom is 0.407 e. The van der Waals surface area contributed by atoms with E-state index in [1.165, 1.54) is 4.90 Å². The van der Waals surface area contributed by atoms with Crippen LogP contribution >= 0.6 is 0 Å². The van der Waals surface area contributed by atoms with Gasteiger partial charge < -0.3 is 19.5 Å². The Morgan fingerprint density at radius 2 is 2.12 bits per heavy atom. The van der Waals surface area contributed by atoms with Crippen molar-refractivity contribution >= 4 is 12.1 Å². The van der Waals surface area contributed by atoms with Gasteiger partial charge in [0.2, 0.25) is 0 Å². The molecular weight excluding hydrogens is 331 g/mol. The van der Waals surface area contributed by atoms with Gasteiger partial charge in [-0.1, -0.05) is 6.07 Å². The highest BCUT2D eigenvalue weighted by Crippen LogP contribution is 2.32. The SMILES string of the molecule is O=C1OCCc2c1ccc(C1CN3CCN(C(=O)O)CC3CO1)c2F. The highest BCUT2D eigenvalue weighted by Gasteiger charge is 2.37. The van der Waals surface area contributed by atoms with Crippen molar-refractivity contribution in [2.45, 2.75) is 18.6 Å². The van der Waals surface area contributed by atoms with Gasteiger partial charge in [0, 0.05) is 43.7 Å². The number of benzene rings is 1. The molecule has 0 bridgehead atoms. The second kappa shape index (κ2) is 6.27. The van der Waals surface area contributed by atoms with Crippen LogP contribution in [0.2, 0.25) is 0 Å². The molecule has 3 heterocycles. The van der Waals surface area contributed by atoms with Crippen molar-refractivity contribution < 1.29 is 28.6 Å². The zero-order valence-corrected chi connectivity index (χ0v) is 13.6. The Labute approximate surface area is 143 Å². The van der Waals surface area contributed by atoms with Gasteiger partial charge in [0.25, 0.3) is 0 Å². The number of morpholine rings is 1. The fraction of sp³-hybridized carbons (Fsp3) is 0.529. The lowest BCUT2D eigenvalue weighted by Gasteiger charge is -2.45. The van der Waals surface area contributed by atoms with Crippen LogP contribution in [-0.2, 0) is 15.9 Å². The average molecular weight is 350 g/mol. The number of hydrogen-bond donors (Lipinski definition) is 1. The van der Waals surface area contributed by atoms with E-state index < -0.39 is 18.2 Å². The summed E-state index contributed by atoms with van der Waals surface area (Å²) in [5.41, 5.74) is 1.14. The van der Waals surface area contributed by atoms with Crippen molar-refractivity contribution in [2.75, 3.05) is 39.4 Å². The topological polar surface area (TPSA) is 79.3 Å². The van der Waals surface area contributed by atoms with E-state index in [2.05, 4.69) is 4.90 Å². The molecule has 2 fully saturated rings. The summed E-state index contributed by atoms with van der Waals surface area (Å²) in [5, 5.41) is 9.11. The molecule has 0 spiro atoms. The number of halogens is 1. The fourth-order valence-electron chi connectivity index (χ4n) is 3.79. The maximum atomic E-state index is 14.9. The number of carboxylic acid groups (broad SMARTS) is 1. The van der Waals surface area contributed by atoms with Crippen molar-refractivity contribution in [3.05, 3.63) is 34.6 Å². The molecule has 2 atom stereocenters. The normalized spacial score (nSPS) is 26.6. The summed E-state index contributed by atoms with van der Waals surface area (Å²) >= 11 is 0. The van der Waals surface area contributed by atoms with E-state index in [1.54, 1.807) is 12.1 Å². The van der Waals surface area contributed by atoms with E-state index in [0.717, 1.165) is 0 Å². The van der Waals surface area contributed by atoms with Crippen molar-refractivity contribution in [2.24, 2.45) is 0 Å². The molecule has 1 aromatic carbocycles. The maximum absolute atomic E-state index is 14.9. The molecule has 7 nitrogen and oxygen atoms in total. The molecule has 0 aliphatic carbocycles. The first-order valence-corrected chi connectivity index (χ1v) is 8.36. The smallest absolute Gasteiger partial charge is 0.407 e. The van der Waals surface area contributed by atoms with Crippen LogP contribution in [0.5, 0.6) is 0 Å². The number of hydrogen-bond acceptors (Lipinski definition) is 5. The Bertz CT molecular complexity index is 725. The van der Waals surface area contributed by atoms with Crippen LogP contribution in [0.4, 0.5) is 9.18 Å². The Balaban J connectivity index is 1.53. The first-order valence-electron chi connectivity index (χ1n) is 8.36. The molecule has 1 aromatic rings. The molecule has 0 saturated carbocycles. The Morgan fingerprint density at radius 1 is 1.28 bits per heavy atom. The van der Waals surface area contributed by atoms with Crippen LogP contribution in [0.1, 0.15) is 27.6 Å². The predicted octanol–water partition coefficient (Wildman–Crippen LogP) is 1.27. The van der Waals surface area contributed by atoms with Gasteiger partial charge in [0.05, 0.1) is 30.9 Å². The second-order valence-electron chi connectivity index (χ2n) is 6.58. The summed E-state index contributed by atoms with van der Waals surface area (Å²) < 4.78 is 25.7. The van der Waals surface area contributed by atoms with Crippen LogP contribution < -0.4 is 0 Å². The van der Waals surface area contributed by atoms with Gasteiger partial charge in [-0.15, -0.1) is 0 Å².